The Balaban J connectivity index is 1.62. The summed E-state index contributed by atoms with van der Waals surface area (Å²) in [5.41, 5.74) is 3.76. The van der Waals surface area contributed by atoms with Gasteiger partial charge in [0.2, 0.25) is 0 Å². The summed E-state index contributed by atoms with van der Waals surface area (Å²) in [5.74, 6) is 2.33. The summed E-state index contributed by atoms with van der Waals surface area (Å²) >= 11 is 0. The van der Waals surface area contributed by atoms with E-state index in [0.29, 0.717) is 6.54 Å². The van der Waals surface area contributed by atoms with Gasteiger partial charge >= 0.3 is 0 Å². The lowest BCUT2D eigenvalue weighted by Crippen LogP contribution is -2.39. The summed E-state index contributed by atoms with van der Waals surface area (Å²) in [6.45, 7) is 8.10. The van der Waals surface area contributed by atoms with Crippen molar-refractivity contribution in [2.45, 2.75) is 39.2 Å². The monoisotopic (exact) mass is 424 g/mol. The average Bonchev–Trinajstić information content (AvgIpc) is 3.34. The number of rotatable bonds is 9. The number of ether oxygens (including phenoxy) is 2. The minimum atomic E-state index is 0.168. The van der Waals surface area contributed by atoms with Gasteiger partial charge in [0.25, 0.3) is 0 Å². The van der Waals surface area contributed by atoms with Crippen LogP contribution in [-0.2, 0) is 6.42 Å². The largest absolute Gasteiger partial charge is 0.493 e. The third-order valence-corrected chi connectivity index (χ3v) is 5.66. The summed E-state index contributed by atoms with van der Waals surface area (Å²) in [6.07, 6.45) is 3.40. The van der Waals surface area contributed by atoms with Gasteiger partial charge in [0.1, 0.15) is 0 Å². The molecule has 31 heavy (non-hydrogen) atoms. The van der Waals surface area contributed by atoms with Crippen LogP contribution in [0.5, 0.6) is 11.5 Å². The minimum absolute atomic E-state index is 0.168. The number of aliphatic imine (C=N–C) groups is 1. The molecule has 168 valence electrons. The van der Waals surface area contributed by atoms with Gasteiger partial charge in [-0.05, 0) is 68.5 Å². The fourth-order valence-corrected chi connectivity index (χ4v) is 3.91. The van der Waals surface area contributed by atoms with E-state index in [1.54, 1.807) is 14.2 Å². The van der Waals surface area contributed by atoms with Crippen molar-refractivity contribution in [2.24, 2.45) is 4.99 Å². The molecule has 0 aromatic heterocycles. The normalized spacial score (nSPS) is 15.0. The molecule has 0 radical (unpaired) electrons. The molecule has 1 unspecified atom stereocenters. The van der Waals surface area contributed by atoms with Gasteiger partial charge in [-0.1, -0.05) is 18.2 Å². The van der Waals surface area contributed by atoms with E-state index in [2.05, 4.69) is 59.7 Å². The quantitative estimate of drug-likeness (QED) is 0.468. The van der Waals surface area contributed by atoms with Crippen molar-refractivity contribution in [3.05, 3.63) is 53.6 Å². The fourth-order valence-electron chi connectivity index (χ4n) is 3.91. The van der Waals surface area contributed by atoms with Gasteiger partial charge < -0.3 is 25.0 Å². The van der Waals surface area contributed by atoms with E-state index in [9.17, 15) is 0 Å². The SMILES string of the molecule is CCNC(=NCCc1ccc(OC)c(OC)c1)NC(C)c1cccc(N2CCCC2)c1. The predicted molar refractivity (Wildman–Crippen MR) is 129 cm³/mol. The Morgan fingerprint density at radius 2 is 1.84 bits per heavy atom. The van der Waals surface area contributed by atoms with E-state index in [1.165, 1.54) is 29.7 Å². The molecule has 3 rings (SSSR count). The van der Waals surface area contributed by atoms with Crippen LogP contribution in [0.2, 0.25) is 0 Å². The van der Waals surface area contributed by atoms with Crippen LogP contribution in [0.4, 0.5) is 5.69 Å². The van der Waals surface area contributed by atoms with E-state index in [-0.39, 0.29) is 6.04 Å². The summed E-state index contributed by atoms with van der Waals surface area (Å²) in [4.78, 5) is 7.26. The Morgan fingerprint density at radius 1 is 1.06 bits per heavy atom. The van der Waals surface area contributed by atoms with Crippen LogP contribution in [0, 0.1) is 0 Å². The highest BCUT2D eigenvalue weighted by atomic mass is 16.5. The van der Waals surface area contributed by atoms with E-state index in [4.69, 9.17) is 14.5 Å². The number of hydrogen-bond acceptors (Lipinski definition) is 4. The second-order valence-corrected chi connectivity index (χ2v) is 7.86. The number of nitrogens with zero attached hydrogens (tertiary/aromatic N) is 2. The molecule has 1 atom stereocenters. The molecule has 2 N–H and O–H groups in total. The van der Waals surface area contributed by atoms with E-state index < -0.39 is 0 Å². The predicted octanol–water partition coefficient (Wildman–Crippen LogP) is 4.16. The third kappa shape index (κ3) is 6.29. The van der Waals surface area contributed by atoms with Crippen LogP contribution in [-0.4, -0.2) is 46.4 Å². The molecule has 1 heterocycles. The van der Waals surface area contributed by atoms with Crippen LogP contribution >= 0.6 is 0 Å². The van der Waals surface area contributed by atoms with Crippen molar-refractivity contribution < 1.29 is 9.47 Å². The molecule has 0 amide bonds. The van der Waals surface area contributed by atoms with Gasteiger partial charge in [-0.2, -0.15) is 0 Å². The molecule has 0 spiro atoms. The molecular formula is C25H36N4O2. The third-order valence-electron chi connectivity index (χ3n) is 5.66. The van der Waals surface area contributed by atoms with Crippen molar-refractivity contribution in [3.8, 4) is 11.5 Å². The smallest absolute Gasteiger partial charge is 0.191 e. The highest BCUT2D eigenvalue weighted by Gasteiger charge is 2.14. The lowest BCUT2D eigenvalue weighted by Gasteiger charge is -2.22. The summed E-state index contributed by atoms with van der Waals surface area (Å²) in [7, 11) is 3.31. The maximum absolute atomic E-state index is 5.40. The van der Waals surface area contributed by atoms with Crippen LogP contribution < -0.4 is 25.0 Å². The number of anilines is 1. The molecular weight excluding hydrogens is 388 g/mol. The van der Waals surface area contributed by atoms with Gasteiger partial charge in [0.05, 0.1) is 20.3 Å². The van der Waals surface area contributed by atoms with Crippen molar-refractivity contribution in [2.75, 3.05) is 45.3 Å². The molecule has 2 aromatic rings. The van der Waals surface area contributed by atoms with Gasteiger partial charge in [-0.15, -0.1) is 0 Å². The topological polar surface area (TPSA) is 58.1 Å². The average molecular weight is 425 g/mol. The number of methoxy groups -OCH3 is 2. The standard InChI is InChI=1S/C25H36N4O2/c1-5-26-25(27-14-13-20-11-12-23(30-3)24(17-20)31-4)28-19(2)21-9-8-10-22(18-21)29-15-6-7-16-29/h8-12,17-19H,5-7,13-16H2,1-4H3,(H2,26,27,28). The van der Waals surface area contributed by atoms with Gasteiger partial charge in [-0.3, -0.25) is 4.99 Å². The second kappa shape index (κ2) is 11.5. The molecule has 6 nitrogen and oxygen atoms in total. The Kier molecular flexibility index (Phi) is 8.44. The highest BCUT2D eigenvalue weighted by Crippen LogP contribution is 2.27. The van der Waals surface area contributed by atoms with Crippen LogP contribution in [0.1, 0.15) is 43.9 Å². The summed E-state index contributed by atoms with van der Waals surface area (Å²) < 4.78 is 10.7. The Bertz CT molecular complexity index is 862. The maximum Gasteiger partial charge on any atom is 0.191 e. The number of benzene rings is 2. The zero-order valence-electron chi connectivity index (χ0n) is 19.3. The molecule has 1 aliphatic heterocycles. The molecule has 0 aliphatic carbocycles. The first-order valence-corrected chi connectivity index (χ1v) is 11.2. The van der Waals surface area contributed by atoms with Crippen LogP contribution in [0.3, 0.4) is 0 Å². The van der Waals surface area contributed by atoms with Crippen molar-refractivity contribution >= 4 is 11.6 Å². The van der Waals surface area contributed by atoms with Gasteiger partial charge in [-0.25, -0.2) is 0 Å². The van der Waals surface area contributed by atoms with Gasteiger partial charge in [0.15, 0.2) is 17.5 Å². The fraction of sp³-hybridized carbons (Fsp3) is 0.480. The van der Waals surface area contributed by atoms with Crippen molar-refractivity contribution in [1.29, 1.82) is 0 Å². The highest BCUT2D eigenvalue weighted by molar-refractivity contribution is 5.80. The number of nitrogens with one attached hydrogen (secondary N) is 2. The van der Waals surface area contributed by atoms with E-state index in [0.717, 1.165) is 43.5 Å². The Labute approximate surface area is 186 Å². The van der Waals surface area contributed by atoms with Crippen LogP contribution in [0.25, 0.3) is 0 Å². The van der Waals surface area contributed by atoms with E-state index >= 15 is 0 Å². The number of guanidine groups is 1. The first kappa shape index (κ1) is 22.8. The molecule has 0 saturated carbocycles. The molecule has 1 aliphatic rings. The summed E-state index contributed by atoms with van der Waals surface area (Å²) in [6, 6.07) is 15.0. The number of hydrogen-bond donors (Lipinski definition) is 2. The molecule has 1 fully saturated rings. The van der Waals surface area contributed by atoms with E-state index in [1.807, 2.05) is 12.1 Å². The van der Waals surface area contributed by atoms with Crippen molar-refractivity contribution in [1.82, 2.24) is 10.6 Å². The lowest BCUT2D eigenvalue weighted by molar-refractivity contribution is 0.354. The first-order valence-electron chi connectivity index (χ1n) is 11.2. The molecule has 0 bridgehead atoms. The molecule has 2 aromatic carbocycles. The molecule has 6 heteroatoms. The molecule has 1 saturated heterocycles. The van der Waals surface area contributed by atoms with Gasteiger partial charge in [0, 0.05) is 31.9 Å². The zero-order chi connectivity index (χ0) is 22.1. The first-order chi connectivity index (χ1) is 15.1. The zero-order valence-corrected chi connectivity index (χ0v) is 19.3. The second-order valence-electron chi connectivity index (χ2n) is 7.86. The Hall–Kier alpha value is -2.89. The summed E-state index contributed by atoms with van der Waals surface area (Å²) in [5, 5.41) is 6.92. The maximum atomic E-state index is 5.40. The minimum Gasteiger partial charge on any atom is -0.493 e. The Morgan fingerprint density at radius 3 is 2.55 bits per heavy atom. The van der Waals surface area contributed by atoms with Crippen molar-refractivity contribution in [3.63, 3.8) is 0 Å². The van der Waals surface area contributed by atoms with Crippen LogP contribution in [0.15, 0.2) is 47.5 Å². The lowest BCUT2D eigenvalue weighted by atomic mass is 10.1.